The Morgan fingerprint density at radius 1 is 0.919 bits per heavy atom. The second-order valence-corrected chi connectivity index (χ2v) is 11.3. The minimum Gasteiger partial charge on any atom is -0.369 e. The molecule has 1 unspecified atom stereocenters. The summed E-state index contributed by atoms with van der Waals surface area (Å²) in [4.78, 5) is 21.6. The zero-order valence-electron chi connectivity index (χ0n) is 23.0. The van der Waals surface area contributed by atoms with Gasteiger partial charge < -0.3 is 9.88 Å². The Balaban J connectivity index is 1.57. The maximum absolute atomic E-state index is 13.6. The van der Waals surface area contributed by atoms with Gasteiger partial charge in [-0.05, 0) is 98.7 Å². The number of tetrazole rings is 1. The van der Waals surface area contributed by atoms with Crippen LogP contribution in [0.15, 0.2) is 41.2 Å². The van der Waals surface area contributed by atoms with Crippen LogP contribution in [0.3, 0.4) is 0 Å². The molecule has 0 spiro atoms. The van der Waals surface area contributed by atoms with Gasteiger partial charge in [0, 0.05) is 37.4 Å². The van der Waals surface area contributed by atoms with E-state index in [1.165, 1.54) is 16.8 Å². The summed E-state index contributed by atoms with van der Waals surface area (Å²) in [7, 11) is 0. The Hall–Kier alpha value is -3.52. The van der Waals surface area contributed by atoms with Crippen LogP contribution in [-0.4, -0.2) is 56.3 Å². The first-order valence-electron chi connectivity index (χ1n) is 13.0. The number of rotatable bonds is 4. The van der Waals surface area contributed by atoms with Crippen molar-refractivity contribution in [1.29, 1.82) is 0 Å². The quantitative estimate of drug-likeness (QED) is 0.448. The molecular formula is C29H37N7O. The molecule has 1 aliphatic heterocycles. The number of H-pyrrole nitrogens is 1. The molecule has 0 aliphatic carbocycles. The SMILES string of the molecule is Cc1cccc(N2CCN(C(c3cc4ccc(C)c(C)c4[nH]c3=O)c3nnnn3C(C)(C)C)CC2)c1C. The van der Waals surface area contributed by atoms with Crippen LogP contribution >= 0.6 is 0 Å². The van der Waals surface area contributed by atoms with Crippen molar-refractivity contribution < 1.29 is 0 Å². The van der Waals surface area contributed by atoms with Gasteiger partial charge in [-0.25, -0.2) is 4.68 Å². The molecule has 5 rings (SSSR count). The molecule has 8 nitrogen and oxygen atoms in total. The first kappa shape index (κ1) is 25.1. The van der Waals surface area contributed by atoms with Gasteiger partial charge >= 0.3 is 0 Å². The number of hydrogen-bond donors (Lipinski definition) is 1. The molecular weight excluding hydrogens is 462 g/mol. The van der Waals surface area contributed by atoms with Crippen LogP contribution in [0.5, 0.6) is 0 Å². The molecule has 1 N–H and O–H groups in total. The van der Waals surface area contributed by atoms with Gasteiger partial charge in [-0.2, -0.15) is 0 Å². The number of pyridine rings is 1. The van der Waals surface area contributed by atoms with Gasteiger partial charge in [-0.15, -0.1) is 5.10 Å². The van der Waals surface area contributed by atoms with E-state index in [1.54, 1.807) is 0 Å². The van der Waals surface area contributed by atoms with Gasteiger partial charge in [0.1, 0.15) is 6.04 Å². The predicted molar refractivity (Wildman–Crippen MR) is 148 cm³/mol. The molecule has 1 atom stereocenters. The van der Waals surface area contributed by atoms with Crippen LogP contribution in [0.2, 0.25) is 0 Å². The van der Waals surface area contributed by atoms with Crippen LogP contribution in [0.1, 0.15) is 60.5 Å². The van der Waals surface area contributed by atoms with E-state index < -0.39 is 0 Å². The lowest BCUT2D eigenvalue weighted by atomic mass is 9.99. The van der Waals surface area contributed by atoms with E-state index in [4.69, 9.17) is 0 Å². The maximum atomic E-state index is 13.6. The topological polar surface area (TPSA) is 82.9 Å². The second kappa shape index (κ2) is 9.41. The fourth-order valence-electron chi connectivity index (χ4n) is 5.39. The number of benzene rings is 2. The molecule has 0 radical (unpaired) electrons. The first-order chi connectivity index (χ1) is 17.6. The Labute approximate surface area is 218 Å². The largest absolute Gasteiger partial charge is 0.369 e. The molecule has 2 aromatic heterocycles. The van der Waals surface area contributed by atoms with Gasteiger partial charge in [0.05, 0.1) is 11.1 Å². The highest BCUT2D eigenvalue weighted by Crippen LogP contribution is 2.32. The summed E-state index contributed by atoms with van der Waals surface area (Å²) in [6.45, 7) is 18.0. The Morgan fingerprint density at radius 3 is 2.32 bits per heavy atom. The molecule has 37 heavy (non-hydrogen) atoms. The third kappa shape index (κ3) is 4.55. The molecule has 2 aromatic carbocycles. The van der Waals surface area contributed by atoms with Gasteiger partial charge in [-0.3, -0.25) is 9.69 Å². The Bertz CT molecular complexity index is 1500. The summed E-state index contributed by atoms with van der Waals surface area (Å²) in [5, 5.41) is 13.9. The van der Waals surface area contributed by atoms with Crippen molar-refractivity contribution in [3.63, 3.8) is 0 Å². The number of hydrogen-bond acceptors (Lipinski definition) is 6. The van der Waals surface area contributed by atoms with Crippen molar-refractivity contribution in [3.8, 4) is 0 Å². The molecule has 0 amide bonds. The lowest BCUT2D eigenvalue weighted by Gasteiger charge is -2.40. The zero-order chi connectivity index (χ0) is 26.5. The van der Waals surface area contributed by atoms with Crippen LogP contribution in [0.4, 0.5) is 5.69 Å². The standard InChI is InChI=1S/C29H37N7O/c1-18-9-8-10-24(20(18)3)34-13-15-35(16-14-34)26(27-31-32-33-36(27)29(5,6)7)23-17-22-12-11-19(2)21(4)25(22)30-28(23)37/h8-12,17,26H,13-16H2,1-7H3,(H,30,37). The third-order valence-corrected chi connectivity index (χ3v) is 7.84. The number of aromatic amines is 1. The average molecular weight is 500 g/mol. The van der Waals surface area contributed by atoms with E-state index >= 15 is 0 Å². The number of nitrogens with one attached hydrogen (secondary N) is 1. The number of aromatic nitrogens is 5. The Kier molecular flexibility index (Phi) is 6.40. The van der Waals surface area contributed by atoms with E-state index in [0.29, 0.717) is 11.4 Å². The van der Waals surface area contributed by atoms with Crippen molar-refractivity contribution in [2.45, 2.75) is 60.0 Å². The number of fused-ring (bicyclic) bond motifs is 1. The normalized spacial score (nSPS) is 15.9. The summed E-state index contributed by atoms with van der Waals surface area (Å²) < 4.78 is 1.86. The van der Waals surface area contributed by atoms with Crippen molar-refractivity contribution in [3.05, 3.63) is 80.4 Å². The van der Waals surface area contributed by atoms with Gasteiger partial charge in [0.2, 0.25) is 0 Å². The smallest absolute Gasteiger partial charge is 0.253 e. The van der Waals surface area contributed by atoms with Crippen molar-refractivity contribution in [2.75, 3.05) is 31.1 Å². The number of aryl methyl sites for hydroxylation is 3. The molecule has 3 heterocycles. The average Bonchev–Trinajstić information content (AvgIpc) is 3.35. The third-order valence-electron chi connectivity index (χ3n) is 7.84. The minimum atomic E-state index is -0.357. The first-order valence-corrected chi connectivity index (χ1v) is 13.0. The molecule has 194 valence electrons. The highest BCUT2D eigenvalue weighted by Gasteiger charge is 2.35. The highest BCUT2D eigenvalue weighted by atomic mass is 16.1. The highest BCUT2D eigenvalue weighted by molar-refractivity contribution is 5.83. The zero-order valence-corrected chi connectivity index (χ0v) is 23.0. The molecule has 1 aliphatic rings. The van der Waals surface area contributed by atoms with E-state index in [2.05, 4.69) is 109 Å². The van der Waals surface area contributed by atoms with Crippen molar-refractivity contribution >= 4 is 16.6 Å². The molecule has 0 saturated carbocycles. The van der Waals surface area contributed by atoms with E-state index in [1.807, 2.05) is 10.7 Å². The lowest BCUT2D eigenvalue weighted by Crippen LogP contribution is -2.49. The number of piperazine rings is 1. The van der Waals surface area contributed by atoms with Gasteiger partial charge in [0.15, 0.2) is 5.82 Å². The number of nitrogens with zero attached hydrogens (tertiary/aromatic N) is 6. The predicted octanol–water partition coefficient (Wildman–Crippen LogP) is 4.41. The minimum absolute atomic E-state index is 0.0911. The monoisotopic (exact) mass is 499 g/mol. The summed E-state index contributed by atoms with van der Waals surface area (Å²) in [5.41, 5.74) is 7.31. The van der Waals surface area contributed by atoms with Crippen molar-refractivity contribution in [2.24, 2.45) is 0 Å². The van der Waals surface area contributed by atoms with Crippen molar-refractivity contribution in [1.82, 2.24) is 30.1 Å². The maximum Gasteiger partial charge on any atom is 0.253 e. The second-order valence-electron chi connectivity index (χ2n) is 11.3. The summed E-state index contributed by atoms with van der Waals surface area (Å²) >= 11 is 0. The van der Waals surface area contributed by atoms with E-state index in [0.717, 1.165) is 48.2 Å². The van der Waals surface area contributed by atoms with E-state index in [-0.39, 0.29) is 17.1 Å². The summed E-state index contributed by atoms with van der Waals surface area (Å²) in [5.74, 6) is 0.696. The summed E-state index contributed by atoms with van der Waals surface area (Å²) in [6, 6.07) is 12.4. The van der Waals surface area contributed by atoms with E-state index in [9.17, 15) is 4.79 Å². The molecule has 4 aromatic rings. The molecule has 0 bridgehead atoms. The fourth-order valence-corrected chi connectivity index (χ4v) is 5.39. The van der Waals surface area contributed by atoms with Gasteiger partial charge in [0.25, 0.3) is 5.56 Å². The lowest BCUT2D eigenvalue weighted by molar-refractivity contribution is 0.190. The van der Waals surface area contributed by atoms with Crippen LogP contribution in [0.25, 0.3) is 10.9 Å². The molecule has 8 heteroatoms. The van der Waals surface area contributed by atoms with Crippen LogP contribution < -0.4 is 10.5 Å². The molecule has 1 fully saturated rings. The van der Waals surface area contributed by atoms with Gasteiger partial charge in [-0.1, -0.05) is 24.3 Å². The Morgan fingerprint density at radius 2 is 1.62 bits per heavy atom. The van der Waals surface area contributed by atoms with Crippen LogP contribution in [-0.2, 0) is 5.54 Å². The fraction of sp³-hybridized carbons (Fsp3) is 0.448. The summed E-state index contributed by atoms with van der Waals surface area (Å²) in [6.07, 6.45) is 0. The molecule has 1 saturated heterocycles. The van der Waals surface area contributed by atoms with Crippen LogP contribution in [0, 0.1) is 27.7 Å². The number of anilines is 1.